The zero-order valence-corrected chi connectivity index (χ0v) is 14.8. The van der Waals surface area contributed by atoms with Crippen molar-refractivity contribution in [2.75, 3.05) is 18.4 Å². The van der Waals surface area contributed by atoms with Crippen molar-refractivity contribution in [3.8, 4) is 0 Å². The number of piperidine rings is 1. The maximum Gasteiger partial charge on any atom is 0.228 e. The Hall–Kier alpha value is -2.57. The third-order valence-corrected chi connectivity index (χ3v) is 5.34. The zero-order chi connectivity index (χ0) is 17.8. The van der Waals surface area contributed by atoms with E-state index in [0.29, 0.717) is 17.7 Å². The van der Waals surface area contributed by atoms with Crippen LogP contribution in [0.2, 0.25) is 0 Å². The van der Waals surface area contributed by atoms with E-state index >= 15 is 0 Å². The summed E-state index contributed by atoms with van der Waals surface area (Å²) in [7, 11) is 0. The van der Waals surface area contributed by atoms with Crippen LogP contribution < -0.4 is 5.32 Å². The average Bonchev–Trinajstić information content (AvgIpc) is 3.23. The highest BCUT2D eigenvalue weighted by Crippen LogP contribution is 2.31. The molecule has 3 heterocycles. The van der Waals surface area contributed by atoms with E-state index in [-0.39, 0.29) is 11.8 Å². The molecule has 7 nitrogen and oxygen atoms in total. The van der Waals surface area contributed by atoms with Gasteiger partial charge in [0.25, 0.3) is 0 Å². The highest BCUT2D eigenvalue weighted by Gasteiger charge is 2.31. The molecule has 136 valence electrons. The van der Waals surface area contributed by atoms with E-state index < -0.39 is 0 Å². The van der Waals surface area contributed by atoms with Crippen LogP contribution in [0.15, 0.2) is 30.9 Å². The van der Waals surface area contributed by atoms with E-state index in [1.807, 2.05) is 6.07 Å². The summed E-state index contributed by atoms with van der Waals surface area (Å²) in [5.41, 5.74) is 0.982. The molecule has 1 aliphatic heterocycles. The number of anilines is 2. The van der Waals surface area contributed by atoms with Crippen molar-refractivity contribution in [3.05, 3.63) is 36.5 Å². The smallest absolute Gasteiger partial charge is 0.228 e. The first-order valence-corrected chi connectivity index (χ1v) is 9.44. The fraction of sp³-hybridized carbons (Fsp3) is 0.526. The Labute approximate surface area is 153 Å². The molecule has 1 amide bonds. The largest absolute Gasteiger partial charge is 0.342 e. The number of aromatic nitrogens is 4. The van der Waals surface area contributed by atoms with Gasteiger partial charge in [-0.25, -0.2) is 15.0 Å². The molecule has 1 aliphatic carbocycles. The summed E-state index contributed by atoms with van der Waals surface area (Å²) >= 11 is 0. The molecule has 0 unspecified atom stereocenters. The van der Waals surface area contributed by atoms with Gasteiger partial charge in [-0.2, -0.15) is 0 Å². The zero-order valence-electron chi connectivity index (χ0n) is 14.8. The number of hydrogen-bond acceptors (Lipinski definition) is 6. The van der Waals surface area contributed by atoms with Crippen LogP contribution in [0.4, 0.5) is 11.8 Å². The predicted molar refractivity (Wildman–Crippen MR) is 97.9 cm³/mol. The second kappa shape index (κ2) is 7.76. The third kappa shape index (κ3) is 3.81. The molecule has 0 aromatic carbocycles. The van der Waals surface area contributed by atoms with Crippen LogP contribution in [-0.4, -0.2) is 43.8 Å². The normalized spacial score (nSPS) is 20.9. The molecule has 2 aliphatic rings. The first-order valence-electron chi connectivity index (χ1n) is 9.44. The molecule has 7 heteroatoms. The van der Waals surface area contributed by atoms with Crippen molar-refractivity contribution in [1.29, 1.82) is 0 Å². The van der Waals surface area contributed by atoms with Gasteiger partial charge in [-0.1, -0.05) is 12.8 Å². The lowest BCUT2D eigenvalue weighted by atomic mass is 9.93. The van der Waals surface area contributed by atoms with Crippen LogP contribution >= 0.6 is 0 Å². The monoisotopic (exact) mass is 352 g/mol. The molecule has 26 heavy (non-hydrogen) atoms. The average molecular weight is 352 g/mol. The Bertz CT molecular complexity index is 747. The van der Waals surface area contributed by atoms with Gasteiger partial charge in [0.15, 0.2) is 5.82 Å². The Morgan fingerprint density at radius 3 is 2.77 bits per heavy atom. The summed E-state index contributed by atoms with van der Waals surface area (Å²) in [5, 5.41) is 3.09. The lowest BCUT2D eigenvalue weighted by Gasteiger charge is -2.34. The molecular formula is C19H24N6O. The standard InChI is InChI=1S/C19H24N6O/c26-18(14-4-1-2-5-14)25-11-3-6-15(13-25)16-7-8-22-19(23-16)24-17-12-20-9-10-21-17/h7-10,12,14-15H,1-6,11,13H2,(H,21,22,23,24)/t15-/m0/s1. The molecule has 0 radical (unpaired) electrons. The molecule has 1 saturated heterocycles. The maximum absolute atomic E-state index is 12.8. The van der Waals surface area contributed by atoms with Gasteiger partial charge in [0.1, 0.15) is 0 Å². The number of nitrogens with one attached hydrogen (secondary N) is 1. The minimum Gasteiger partial charge on any atom is -0.342 e. The summed E-state index contributed by atoms with van der Waals surface area (Å²) < 4.78 is 0. The Balaban J connectivity index is 1.45. The number of amides is 1. The van der Waals surface area contributed by atoms with Crippen LogP contribution in [0, 0.1) is 5.92 Å². The Kier molecular flexibility index (Phi) is 5.04. The SMILES string of the molecule is O=C(C1CCCC1)N1CCC[C@H](c2ccnc(Nc3cnccn3)n2)C1. The molecule has 2 aromatic rings. The molecule has 2 fully saturated rings. The van der Waals surface area contributed by atoms with Gasteiger partial charge in [0.2, 0.25) is 11.9 Å². The highest BCUT2D eigenvalue weighted by atomic mass is 16.2. The summed E-state index contributed by atoms with van der Waals surface area (Å²) in [5.74, 6) is 1.99. The van der Waals surface area contributed by atoms with Crippen LogP contribution in [0.3, 0.4) is 0 Å². The van der Waals surface area contributed by atoms with E-state index in [9.17, 15) is 4.79 Å². The van der Waals surface area contributed by atoms with Gasteiger partial charge < -0.3 is 10.2 Å². The number of likely N-dealkylation sites (tertiary alicyclic amines) is 1. The molecule has 1 atom stereocenters. The molecule has 0 spiro atoms. The Morgan fingerprint density at radius 1 is 1.08 bits per heavy atom. The van der Waals surface area contributed by atoms with Crippen LogP contribution in [0.5, 0.6) is 0 Å². The lowest BCUT2D eigenvalue weighted by molar-refractivity contribution is -0.136. The lowest BCUT2D eigenvalue weighted by Crippen LogP contribution is -2.42. The van der Waals surface area contributed by atoms with E-state index in [0.717, 1.165) is 44.5 Å². The number of nitrogens with zero attached hydrogens (tertiary/aromatic N) is 5. The number of carbonyl (C=O) groups is 1. The van der Waals surface area contributed by atoms with Gasteiger partial charge >= 0.3 is 0 Å². The quantitative estimate of drug-likeness (QED) is 0.911. The van der Waals surface area contributed by atoms with Gasteiger partial charge in [-0.05, 0) is 31.7 Å². The van der Waals surface area contributed by atoms with E-state index in [1.165, 1.54) is 12.8 Å². The topological polar surface area (TPSA) is 83.9 Å². The van der Waals surface area contributed by atoms with Gasteiger partial charge in [-0.15, -0.1) is 0 Å². The molecule has 0 bridgehead atoms. The van der Waals surface area contributed by atoms with Crippen LogP contribution in [0.25, 0.3) is 0 Å². The van der Waals surface area contributed by atoms with E-state index in [4.69, 9.17) is 0 Å². The minimum atomic E-state index is 0.244. The van der Waals surface area contributed by atoms with Gasteiger partial charge in [0, 0.05) is 43.5 Å². The fourth-order valence-electron chi connectivity index (χ4n) is 3.99. The molecular weight excluding hydrogens is 328 g/mol. The minimum absolute atomic E-state index is 0.244. The highest BCUT2D eigenvalue weighted by molar-refractivity contribution is 5.79. The van der Waals surface area contributed by atoms with Crippen molar-refractivity contribution in [2.24, 2.45) is 5.92 Å². The first kappa shape index (κ1) is 16.9. The second-order valence-corrected chi connectivity index (χ2v) is 7.13. The molecule has 4 rings (SSSR count). The summed E-state index contributed by atoms with van der Waals surface area (Å²) in [6.07, 6.45) is 13.2. The summed E-state index contributed by atoms with van der Waals surface area (Å²) in [4.78, 5) is 32.0. The molecule has 1 saturated carbocycles. The van der Waals surface area contributed by atoms with Crippen LogP contribution in [-0.2, 0) is 4.79 Å². The van der Waals surface area contributed by atoms with Crippen molar-refractivity contribution < 1.29 is 4.79 Å². The molecule has 1 N–H and O–H groups in total. The maximum atomic E-state index is 12.8. The summed E-state index contributed by atoms with van der Waals surface area (Å²) in [6, 6.07) is 1.95. The van der Waals surface area contributed by atoms with E-state index in [2.05, 4.69) is 30.2 Å². The third-order valence-electron chi connectivity index (χ3n) is 5.34. The van der Waals surface area contributed by atoms with Crippen molar-refractivity contribution in [1.82, 2.24) is 24.8 Å². The first-order chi connectivity index (χ1) is 12.8. The number of rotatable bonds is 4. The van der Waals surface area contributed by atoms with Gasteiger partial charge in [-0.3, -0.25) is 9.78 Å². The predicted octanol–water partition coefficient (Wildman–Crippen LogP) is 2.91. The molecule has 2 aromatic heterocycles. The van der Waals surface area contributed by atoms with Crippen molar-refractivity contribution in [3.63, 3.8) is 0 Å². The second-order valence-electron chi connectivity index (χ2n) is 7.13. The van der Waals surface area contributed by atoms with E-state index in [1.54, 1.807) is 24.8 Å². The van der Waals surface area contributed by atoms with Crippen LogP contribution in [0.1, 0.15) is 50.1 Å². The fourth-order valence-corrected chi connectivity index (χ4v) is 3.99. The van der Waals surface area contributed by atoms with Crippen molar-refractivity contribution >= 4 is 17.7 Å². The van der Waals surface area contributed by atoms with Crippen molar-refractivity contribution in [2.45, 2.75) is 44.4 Å². The number of hydrogen-bond donors (Lipinski definition) is 1. The summed E-state index contributed by atoms with van der Waals surface area (Å²) in [6.45, 7) is 1.64. The number of carbonyl (C=O) groups excluding carboxylic acids is 1. The van der Waals surface area contributed by atoms with Gasteiger partial charge in [0.05, 0.1) is 11.9 Å². The Morgan fingerprint density at radius 2 is 1.96 bits per heavy atom.